The van der Waals surface area contributed by atoms with E-state index in [4.69, 9.17) is 0 Å². The molecule has 0 fully saturated rings. The van der Waals surface area contributed by atoms with Gasteiger partial charge in [-0.2, -0.15) is 0 Å². The van der Waals surface area contributed by atoms with Crippen LogP contribution in [0.1, 0.15) is 0 Å². The molecule has 0 aliphatic carbocycles. The molecule has 1 N–H and O–H groups in total. The molecular weight excluding hydrogens is 184 g/mol. The highest BCUT2D eigenvalue weighted by Gasteiger charge is 2.21. The van der Waals surface area contributed by atoms with E-state index in [0.29, 0.717) is 0 Å². The van der Waals surface area contributed by atoms with Crippen molar-refractivity contribution in [3.63, 3.8) is 0 Å². The standard InChI is InChI=1S/C5H5BrN2O/c6-5(4-9)3-7-1-2-8-5/h1-4,8H. The zero-order valence-corrected chi connectivity index (χ0v) is 6.13. The molecular formula is C5H5BrN2O. The molecule has 0 saturated carbocycles. The van der Waals surface area contributed by atoms with Crippen LogP contribution in [0.15, 0.2) is 17.4 Å². The molecule has 1 aliphatic heterocycles. The second-order valence-electron chi connectivity index (χ2n) is 1.62. The molecule has 0 amide bonds. The van der Waals surface area contributed by atoms with Crippen molar-refractivity contribution in [3.8, 4) is 0 Å². The summed E-state index contributed by atoms with van der Waals surface area (Å²) >= 11 is 3.12. The van der Waals surface area contributed by atoms with Gasteiger partial charge in [-0.05, 0) is 15.9 Å². The number of hydrogen-bond donors (Lipinski definition) is 1. The molecule has 1 aliphatic rings. The number of aldehydes is 1. The Hall–Kier alpha value is -0.640. The first kappa shape index (κ1) is 6.48. The van der Waals surface area contributed by atoms with Gasteiger partial charge >= 0.3 is 0 Å². The molecule has 0 aromatic heterocycles. The number of nitrogens with zero attached hydrogens (tertiary/aromatic N) is 1. The number of alkyl halides is 1. The van der Waals surface area contributed by atoms with E-state index in [-0.39, 0.29) is 0 Å². The van der Waals surface area contributed by atoms with E-state index in [1.165, 1.54) is 6.21 Å². The average molecular weight is 189 g/mol. The first-order chi connectivity index (χ1) is 4.27. The summed E-state index contributed by atoms with van der Waals surface area (Å²) in [5, 5.41) is 2.76. The second-order valence-corrected chi connectivity index (χ2v) is 2.94. The summed E-state index contributed by atoms with van der Waals surface area (Å²) in [7, 11) is 0. The van der Waals surface area contributed by atoms with Gasteiger partial charge in [-0.3, -0.25) is 9.79 Å². The lowest BCUT2D eigenvalue weighted by atomic mass is 10.3. The molecule has 3 nitrogen and oxygen atoms in total. The molecule has 48 valence electrons. The van der Waals surface area contributed by atoms with Gasteiger partial charge < -0.3 is 5.32 Å². The zero-order chi connectivity index (χ0) is 6.74. The van der Waals surface area contributed by atoms with Crippen LogP contribution in [0, 0.1) is 0 Å². The highest BCUT2D eigenvalue weighted by molar-refractivity contribution is 9.10. The van der Waals surface area contributed by atoms with Crippen LogP contribution in [-0.2, 0) is 4.79 Å². The molecule has 4 heteroatoms. The number of carbonyl (C=O) groups is 1. The van der Waals surface area contributed by atoms with Gasteiger partial charge in [-0.25, -0.2) is 0 Å². The molecule has 0 radical (unpaired) electrons. The number of rotatable bonds is 1. The number of halogens is 1. The molecule has 1 unspecified atom stereocenters. The van der Waals surface area contributed by atoms with E-state index in [9.17, 15) is 4.79 Å². The van der Waals surface area contributed by atoms with Gasteiger partial charge in [0.2, 0.25) is 0 Å². The Kier molecular flexibility index (Phi) is 1.66. The average Bonchev–Trinajstić information content (AvgIpc) is 1.90. The van der Waals surface area contributed by atoms with Crippen molar-refractivity contribution in [1.82, 2.24) is 5.32 Å². The van der Waals surface area contributed by atoms with Gasteiger partial charge in [0.05, 0.1) is 0 Å². The van der Waals surface area contributed by atoms with Crippen LogP contribution in [0.25, 0.3) is 0 Å². The maximum atomic E-state index is 10.2. The van der Waals surface area contributed by atoms with Crippen LogP contribution < -0.4 is 5.32 Å². The minimum atomic E-state index is -0.776. The minimum absolute atomic E-state index is 0.736. The van der Waals surface area contributed by atoms with Crippen molar-refractivity contribution in [1.29, 1.82) is 0 Å². The fraction of sp³-hybridized carbons (Fsp3) is 0.200. The highest BCUT2D eigenvalue weighted by Crippen LogP contribution is 2.09. The lowest BCUT2D eigenvalue weighted by Crippen LogP contribution is -2.40. The van der Waals surface area contributed by atoms with Crippen molar-refractivity contribution >= 4 is 28.4 Å². The third kappa shape index (κ3) is 1.38. The van der Waals surface area contributed by atoms with Gasteiger partial charge in [-0.1, -0.05) is 0 Å². The Bertz CT molecular complexity index is 178. The van der Waals surface area contributed by atoms with Crippen molar-refractivity contribution in [2.24, 2.45) is 4.99 Å². The van der Waals surface area contributed by atoms with E-state index in [2.05, 4.69) is 26.2 Å². The van der Waals surface area contributed by atoms with E-state index >= 15 is 0 Å². The maximum Gasteiger partial charge on any atom is 0.184 e. The van der Waals surface area contributed by atoms with Crippen LogP contribution in [0.5, 0.6) is 0 Å². The Morgan fingerprint density at radius 1 is 1.78 bits per heavy atom. The molecule has 0 spiro atoms. The topological polar surface area (TPSA) is 41.5 Å². The summed E-state index contributed by atoms with van der Waals surface area (Å²) in [4.78, 5) is 14.0. The smallest absolute Gasteiger partial charge is 0.184 e. The molecule has 1 heterocycles. The van der Waals surface area contributed by atoms with Crippen molar-refractivity contribution in [3.05, 3.63) is 12.4 Å². The lowest BCUT2D eigenvalue weighted by molar-refractivity contribution is -0.108. The molecule has 9 heavy (non-hydrogen) atoms. The SMILES string of the molecule is O=CC1(Br)C=NC=CN1. The quantitative estimate of drug-likeness (QED) is 0.369. The third-order valence-corrected chi connectivity index (χ3v) is 1.52. The highest BCUT2D eigenvalue weighted by atomic mass is 79.9. The minimum Gasteiger partial charge on any atom is -0.365 e. The Balaban J connectivity index is 2.73. The fourth-order valence-corrected chi connectivity index (χ4v) is 0.712. The van der Waals surface area contributed by atoms with E-state index < -0.39 is 4.45 Å². The Morgan fingerprint density at radius 3 is 2.89 bits per heavy atom. The molecule has 1 rings (SSSR count). The van der Waals surface area contributed by atoms with Gasteiger partial charge in [0, 0.05) is 18.6 Å². The summed E-state index contributed by atoms with van der Waals surface area (Å²) in [6.07, 6.45) is 5.40. The second kappa shape index (κ2) is 2.31. The number of hydrogen-bond acceptors (Lipinski definition) is 3. The number of aliphatic imine (C=N–C) groups is 1. The predicted molar refractivity (Wildman–Crippen MR) is 38.5 cm³/mol. The van der Waals surface area contributed by atoms with Crippen molar-refractivity contribution in [2.45, 2.75) is 4.45 Å². The summed E-state index contributed by atoms with van der Waals surface area (Å²) in [5.74, 6) is 0. The van der Waals surface area contributed by atoms with Gasteiger partial charge in [0.15, 0.2) is 10.7 Å². The maximum absolute atomic E-state index is 10.2. The van der Waals surface area contributed by atoms with Crippen molar-refractivity contribution in [2.75, 3.05) is 0 Å². The van der Waals surface area contributed by atoms with Crippen LogP contribution in [0.2, 0.25) is 0 Å². The fourth-order valence-electron chi connectivity index (χ4n) is 0.461. The molecule has 1 atom stereocenters. The van der Waals surface area contributed by atoms with Crippen LogP contribution in [-0.4, -0.2) is 16.9 Å². The summed E-state index contributed by atoms with van der Waals surface area (Å²) < 4.78 is -0.776. The predicted octanol–water partition coefficient (Wildman–Crippen LogP) is 0.422. The lowest BCUT2D eigenvalue weighted by Gasteiger charge is -2.17. The molecule has 0 bridgehead atoms. The van der Waals surface area contributed by atoms with Crippen LogP contribution >= 0.6 is 15.9 Å². The van der Waals surface area contributed by atoms with E-state index in [1.54, 1.807) is 12.4 Å². The number of carbonyl (C=O) groups excluding carboxylic acids is 1. The summed E-state index contributed by atoms with van der Waals surface area (Å²) in [6.45, 7) is 0. The summed E-state index contributed by atoms with van der Waals surface area (Å²) in [6, 6.07) is 0. The van der Waals surface area contributed by atoms with Crippen LogP contribution in [0.3, 0.4) is 0 Å². The Morgan fingerprint density at radius 2 is 2.56 bits per heavy atom. The van der Waals surface area contributed by atoms with Gasteiger partial charge in [0.25, 0.3) is 0 Å². The Labute approximate surface area is 61.0 Å². The molecule has 0 aromatic rings. The van der Waals surface area contributed by atoms with Gasteiger partial charge in [0.1, 0.15) is 0 Å². The van der Waals surface area contributed by atoms with Crippen LogP contribution in [0.4, 0.5) is 0 Å². The summed E-state index contributed by atoms with van der Waals surface area (Å²) in [5.41, 5.74) is 0. The normalized spacial score (nSPS) is 31.7. The van der Waals surface area contributed by atoms with Crippen molar-refractivity contribution < 1.29 is 4.79 Å². The first-order valence-corrected chi connectivity index (χ1v) is 3.18. The number of nitrogens with one attached hydrogen (secondary N) is 1. The first-order valence-electron chi connectivity index (χ1n) is 2.39. The monoisotopic (exact) mass is 188 g/mol. The van der Waals surface area contributed by atoms with E-state index in [0.717, 1.165) is 6.29 Å². The molecule has 0 aromatic carbocycles. The molecule has 0 saturated heterocycles. The zero-order valence-electron chi connectivity index (χ0n) is 4.54. The van der Waals surface area contributed by atoms with E-state index in [1.807, 2.05) is 0 Å². The third-order valence-electron chi connectivity index (χ3n) is 0.899. The van der Waals surface area contributed by atoms with Gasteiger partial charge in [-0.15, -0.1) is 0 Å². The largest absolute Gasteiger partial charge is 0.365 e.